The summed E-state index contributed by atoms with van der Waals surface area (Å²) in [5, 5.41) is 2.92. The van der Waals surface area contributed by atoms with Crippen LogP contribution in [0.25, 0.3) is 10.9 Å². The molecule has 0 bridgehead atoms. The molecule has 0 fully saturated rings. The van der Waals surface area contributed by atoms with Gasteiger partial charge < -0.3 is 9.30 Å². The number of hydrogen-bond acceptors (Lipinski definition) is 3. The molecule has 2 aromatic carbocycles. The highest BCUT2D eigenvalue weighted by molar-refractivity contribution is 7.12. The first-order chi connectivity index (χ1) is 13.9. The van der Waals surface area contributed by atoms with Crippen molar-refractivity contribution in [1.29, 1.82) is 0 Å². The second kappa shape index (κ2) is 7.88. The average Bonchev–Trinajstić information content (AvgIpc) is 3.36. The third-order valence-corrected chi connectivity index (χ3v) is 5.97. The monoisotopic (exact) mass is 403 g/mol. The maximum atomic E-state index is 12.9. The molecule has 0 unspecified atom stereocenters. The maximum Gasteiger partial charge on any atom is 0.205 e. The Morgan fingerprint density at radius 3 is 2.45 bits per heavy atom. The molecule has 3 nitrogen and oxygen atoms in total. The Bertz CT molecular complexity index is 1120. The Balaban J connectivity index is 1.51. The molecule has 4 rings (SSSR count). The fraction of sp³-hybridized carbons (Fsp3) is 0.240. The largest absolute Gasteiger partial charge is 0.492 e. The molecular weight excluding hydrogens is 378 g/mol. The fourth-order valence-electron chi connectivity index (χ4n) is 3.47. The predicted octanol–water partition coefficient (Wildman–Crippen LogP) is 6.31. The van der Waals surface area contributed by atoms with Gasteiger partial charge in [-0.25, -0.2) is 0 Å². The Labute approximate surface area is 175 Å². The number of rotatable bonds is 6. The molecule has 29 heavy (non-hydrogen) atoms. The fourth-order valence-corrected chi connectivity index (χ4v) is 4.14. The third kappa shape index (κ3) is 4.13. The smallest absolute Gasteiger partial charge is 0.205 e. The zero-order valence-electron chi connectivity index (χ0n) is 17.0. The molecule has 2 aromatic heterocycles. The van der Waals surface area contributed by atoms with Gasteiger partial charge in [0.2, 0.25) is 5.78 Å². The van der Waals surface area contributed by atoms with Gasteiger partial charge in [0.25, 0.3) is 0 Å². The van der Waals surface area contributed by atoms with Crippen molar-refractivity contribution in [3.63, 3.8) is 0 Å². The molecule has 0 saturated heterocycles. The van der Waals surface area contributed by atoms with E-state index in [2.05, 4.69) is 43.5 Å². The van der Waals surface area contributed by atoms with Crippen LogP contribution in [0.2, 0.25) is 0 Å². The molecular formula is C25H25NO2S. The first-order valence-electron chi connectivity index (χ1n) is 9.83. The van der Waals surface area contributed by atoms with E-state index in [0.29, 0.717) is 13.2 Å². The number of thiophene rings is 1. The minimum atomic E-state index is 0.0774. The van der Waals surface area contributed by atoms with Gasteiger partial charge in [0.15, 0.2) is 0 Å². The normalized spacial score (nSPS) is 11.7. The van der Waals surface area contributed by atoms with Crippen LogP contribution in [0.15, 0.2) is 72.2 Å². The van der Waals surface area contributed by atoms with Crippen molar-refractivity contribution in [1.82, 2.24) is 4.57 Å². The molecule has 0 aliphatic carbocycles. The summed E-state index contributed by atoms with van der Waals surface area (Å²) in [5.74, 6) is 0.943. The van der Waals surface area contributed by atoms with Crippen LogP contribution in [0, 0.1) is 0 Å². The summed E-state index contributed by atoms with van der Waals surface area (Å²) in [6, 6.07) is 20.1. The number of para-hydroxylation sites is 1. The van der Waals surface area contributed by atoms with Gasteiger partial charge in [-0.15, -0.1) is 11.3 Å². The van der Waals surface area contributed by atoms with E-state index >= 15 is 0 Å². The van der Waals surface area contributed by atoms with Crippen LogP contribution >= 0.6 is 11.3 Å². The standard InChI is InChI=1S/C25H25NO2S/c1-25(2,3)18-10-12-19(13-11-18)28-15-14-26-17-21(20-7-4-5-8-22(20)26)24(27)23-9-6-16-29-23/h4-13,16-17H,14-15H2,1-3H3. The number of aromatic nitrogens is 1. The molecule has 0 spiro atoms. The zero-order chi connectivity index (χ0) is 20.4. The van der Waals surface area contributed by atoms with Gasteiger partial charge in [-0.2, -0.15) is 0 Å². The lowest BCUT2D eigenvalue weighted by molar-refractivity contribution is 0.104. The molecule has 2 heterocycles. The van der Waals surface area contributed by atoms with Gasteiger partial charge in [-0.3, -0.25) is 4.79 Å². The minimum Gasteiger partial charge on any atom is -0.492 e. The van der Waals surface area contributed by atoms with Crippen LogP contribution in [-0.4, -0.2) is 17.0 Å². The second-order valence-electron chi connectivity index (χ2n) is 8.18. The summed E-state index contributed by atoms with van der Waals surface area (Å²) in [4.78, 5) is 13.7. The zero-order valence-corrected chi connectivity index (χ0v) is 17.8. The first-order valence-corrected chi connectivity index (χ1v) is 10.7. The molecule has 0 aliphatic rings. The van der Waals surface area contributed by atoms with Crippen molar-refractivity contribution in [2.75, 3.05) is 6.61 Å². The van der Waals surface area contributed by atoms with Gasteiger partial charge in [-0.05, 0) is 40.6 Å². The van der Waals surface area contributed by atoms with Crippen LogP contribution < -0.4 is 4.74 Å². The van der Waals surface area contributed by atoms with Gasteiger partial charge in [0.1, 0.15) is 12.4 Å². The maximum absolute atomic E-state index is 12.9. The number of fused-ring (bicyclic) bond motifs is 1. The van der Waals surface area contributed by atoms with Crippen LogP contribution in [-0.2, 0) is 12.0 Å². The molecule has 4 heteroatoms. The van der Waals surface area contributed by atoms with E-state index in [-0.39, 0.29) is 11.2 Å². The number of carbonyl (C=O) groups is 1. The number of ketones is 1. The van der Waals surface area contributed by atoms with E-state index in [1.807, 2.05) is 54.0 Å². The van der Waals surface area contributed by atoms with Crippen LogP contribution in [0.5, 0.6) is 5.75 Å². The molecule has 0 saturated carbocycles. The lowest BCUT2D eigenvalue weighted by Crippen LogP contribution is -2.11. The van der Waals surface area contributed by atoms with E-state index in [1.165, 1.54) is 16.9 Å². The first kappa shape index (κ1) is 19.5. The summed E-state index contributed by atoms with van der Waals surface area (Å²) in [6.07, 6.45) is 1.96. The summed E-state index contributed by atoms with van der Waals surface area (Å²) >= 11 is 1.48. The average molecular weight is 404 g/mol. The predicted molar refractivity (Wildman–Crippen MR) is 120 cm³/mol. The van der Waals surface area contributed by atoms with Gasteiger partial charge >= 0.3 is 0 Å². The van der Waals surface area contributed by atoms with Crippen molar-refractivity contribution in [3.05, 3.63) is 88.2 Å². The Kier molecular flexibility index (Phi) is 5.29. The molecule has 0 radical (unpaired) electrons. The van der Waals surface area contributed by atoms with E-state index in [9.17, 15) is 4.79 Å². The quantitative estimate of drug-likeness (QED) is 0.353. The molecule has 0 atom stereocenters. The summed E-state index contributed by atoms with van der Waals surface area (Å²) in [6.45, 7) is 7.83. The van der Waals surface area contributed by atoms with E-state index in [0.717, 1.165) is 27.1 Å². The van der Waals surface area contributed by atoms with Gasteiger partial charge in [0, 0.05) is 22.7 Å². The molecule has 0 aliphatic heterocycles. The van der Waals surface area contributed by atoms with Crippen molar-refractivity contribution in [2.24, 2.45) is 0 Å². The molecule has 4 aromatic rings. The molecule has 148 valence electrons. The van der Waals surface area contributed by atoms with E-state index in [1.54, 1.807) is 0 Å². The van der Waals surface area contributed by atoms with Crippen molar-refractivity contribution >= 4 is 28.0 Å². The lowest BCUT2D eigenvalue weighted by atomic mass is 9.87. The number of nitrogens with zero attached hydrogens (tertiary/aromatic N) is 1. The van der Waals surface area contributed by atoms with Crippen LogP contribution in [0.3, 0.4) is 0 Å². The number of hydrogen-bond donors (Lipinski definition) is 0. The van der Waals surface area contributed by atoms with Crippen molar-refractivity contribution < 1.29 is 9.53 Å². The summed E-state index contributed by atoms with van der Waals surface area (Å²) in [7, 11) is 0. The number of ether oxygens (including phenoxy) is 1. The summed E-state index contributed by atoms with van der Waals surface area (Å²) in [5.41, 5.74) is 3.23. The Morgan fingerprint density at radius 1 is 1.00 bits per heavy atom. The molecule has 0 N–H and O–H groups in total. The van der Waals surface area contributed by atoms with Gasteiger partial charge in [-0.1, -0.05) is 57.2 Å². The number of carbonyl (C=O) groups excluding carboxylic acids is 1. The lowest BCUT2D eigenvalue weighted by Gasteiger charge is -2.19. The Morgan fingerprint density at radius 2 is 1.76 bits per heavy atom. The SMILES string of the molecule is CC(C)(C)c1ccc(OCCn2cc(C(=O)c3cccs3)c3ccccc32)cc1. The van der Waals surface area contributed by atoms with Crippen LogP contribution in [0.4, 0.5) is 0 Å². The van der Waals surface area contributed by atoms with E-state index < -0.39 is 0 Å². The van der Waals surface area contributed by atoms with Crippen molar-refractivity contribution in [3.8, 4) is 5.75 Å². The van der Waals surface area contributed by atoms with Crippen LogP contribution in [0.1, 0.15) is 41.6 Å². The molecule has 0 amide bonds. The highest BCUT2D eigenvalue weighted by atomic mass is 32.1. The Hall–Kier alpha value is -2.85. The number of benzene rings is 2. The minimum absolute atomic E-state index is 0.0774. The second-order valence-corrected chi connectivity index (χ2v) is 9.13. The van der Waals surface area contributed by atoms with Gasteiger partial charge in [0.05, 0.1) is 11.4 Å². The highest BCUT2D eigenvalue weighted by Crippen LogP contribution is 2.26. The highest BCUT2D eigenvalue weighted by Gasteiger charge is 2.17. The topological polar surface area (TPSA) is 31.2 Å². The summed E-state index contributed by atoms with van der Waals surface area (Å²) < 4.78 is 8.08. The third-order valence-electron chi connectivity index (χ3n) is 5.10. The van der Waals surface area contributed by atoms with Crippen molar-refractivity contribution in [2.45, 2.75) is 32.7 Å². The van der Waals surface area contributed by atoms with E-state index in [4.69, 9.17) is 4.74 Å².